The van der Waals surface area contributed by atoms with Crippen molar-refractivity contribution in [2.24, 2.45) is 0 Å². The third-order valence-corrected chi connectivity index (χ3v) is 6.47. The molecule has 0 bridgehead atoms. The van der Waals surface area contributed by atoms with E-state index in [4.69, 9.17) is 0 Å². The third kappa shape index (κ3) is 4.38. The van der Waals surface area contributed by atoms with E-state index in [9.17, 15) is 13.2 Å². The average Bonchev–Trinajstić information content (AvgIpc) is 3.00. The Bertz CT molecular complexity index is 449. The molecule has 6 heteroatoms. The van der Waals surface area contributed by atoms with Crippen LogP contribution in [0.4, 0.5) is 0 Å². The summed E-state index contributed by atoms with van der Waals surface area (Å²) in [5, 5.41) is 0. The van der Waals surface area contributed by atoms with Crippen LogP contribution in [0.1, 0.15) is 40.0 Å². The maximum Gasteiger partial charge on any atom is 0.233 e. The minimum Gasteiger partial charge on any atom is -0.335 e. The molecule has 0 aromatic rings. The van der Waals surface area contributed by atoms with Crippen LogP contribution in [0.2, 0.25) is 0 Å². The fourth-order valence-electron chi connectivity index (χ4n) is 2.41. The van der Waals surface area contributed by atoms with Crippen LogP contribution in [-0.2, 0) is 14.6 Å². The van der Waals surface area contributed by atoms with Crippen LogP contribution in [0.15, 0.2) is 0 Å². The van der Waals surface area contributed by atoms with Gasteiger partial charge in [0.05, 0.1) is 17.3 Å². The van der Waals surface area contributed by atoms with Gasteiger partial charge < -0.3 is 4.90 Å². The molecule has 1 heterocycles. The number of hydrogen-bond acceptors (Lipinski definition) is 4. The van der Waals surface area contributed by atoms with Crippen molar-refractivity contribution < 1.29 is 13.2 Å². The van der Waals surface area contributed by atoms with Gasteiger partial charge in [0.25, 0.3) is 0 Å². The molecule has 4 nitrogen and oxygen atoms in total. The van der Waals surface area contributed by atoms with Gasteiger partial charge in [0, 0.05) is 16.8 Å². The van der Waals surface area contributed by atoms with Crippen LogP contribution in [0.3, 0.4) is 0 Å². The number of hydrogen-bond donors (Lipinski definition) is 0. The predicted octanol–water partition coefficient (Wildman–Crippen LogP) is 1.70. The van der Waals surface area contributed by atoms with E-state index in [-0.39, 0.29) is 28.2 Å². The summed E-state index contributed by atoms with van der Waals surface area (Å²) in [6.07, 6.45) is 2.68. The summed E-state index contributed by atoms with van der Waals surface area (Å²) < 4.78 is 23.2. The molecule has 110 valence electrons. The molecular formula is C13H23NO3S2. The molecular weight excluding hydrogens is 282 g/mol. The van der Waals surface area contributed by atoms with E-state index in [0.29, 0.717) is 18.2 Å². The Kier molecular flexibility index (Phi) is 4.21. The first kappa shape index (κ1) is 15.2. The van der Waals surface area contributed by atoms with Crippen LogP contribution < -0.4 is 0 Å². The summed E-state index contributed by atoms with van der Waals surface area (Å²) in [6, 6.07) is 0.219. The Morgan fingerprint density at radius 2 is 1.84 bits per heavy atom. The zero-order chi connectivity index (χ0) is 14.3. The van der Waals surface area contributed by atoms with Gasteiger partial charge in [-0.2, -0.15) is 0 Å². The lowest BCUT2D eigenvalue weighted by molar-refractivity contribution is -0.130. The molecule has 0 spiro atoms. The van der Waals surface area contributed by atoms with Crippen molar-refractivity contribution in [3.63, 3.8) is 0 Å². The number of carbonyl (C=O) groups is 1. The molecule has 1 saturated heterocycles. The van der Waals surface area contributed by atoms with Gasteiger partial charge in [-0.3, -0.25) is 4.79 Å². The first-order chi connectivity index (χ1) is 8.68. The second kappa shape index (κ2) is 5.28. The molecule has 2 fully saturated rings. The number of carbonyl (C=O) groups excluding carboxylic acids is 1. The first-order valence-electron chi connectivity index (χ1n) is 6.83. The van der Waals surface area contributed by atoms with Gasteiger partial charge in [0.15, 0.2) is 9.84 Å². The summed E-state index contributed by atoms with van der Waals surface area (Å²) in [5.41, 5.74) is 0. The van der Waals surface area contributed by atoms with E-state index in [1.54, 1.807) is 11.8 Å². The number of nitrogens with zero attached hydrogens (tertiary/aromatic N) is 1. The molecule has 1 amide bonds. The van der Waals surface area contributed by atoms with E-state index in [2.05, 4.69) is 20.8 Å². The Morgan fingerprint density at radius 1 is 1.21 bits per heavy atom. The largest absolute Gasteiger partial charge is 0.335 e. The molecule has 1 unspecified atom stereocenters. The van der Waals surface area contributed by atoms with Crippen LogP contribution in [0.5, 0.6) is 0 Å². The molecule has 2 rings (SSSR count). The fraction of sp³-hybridized carbons (Fsp3) is 0.923. The van der Waals surface area contributed by atoms with E-state index < -0.39 is 9.84 Å². The molecule has 1 saturated carbocycles. The highest BCUT2D eigenvalue weighted by atomic mass is 32.2. The molecule has 1 aliphatic carbocycles. The Hall–Kier alpha value is -0.230. The van der Waals surface area contributed by atoms with E-state index in [0.717, 1.165) is 12.8 Å². The van der Waals surface area contributed by atoms with Crippen molar-refractivity contribution in [1.82, 2.24) is 4.90 Å². The quantitative estimate of drug-likeness (QED) is 0.793. The van der Waals surface area contributed by atoms with Crippen LogP contribution in [0.25, 0.3) is 0 Å². The van der Waals surface area contributed by atoms with E-state index in [1.165, 1.54) is 0 Å². The lowest BCUT2D eigenvalue weighted by Crippen LogP contribution is -2.44. The van der Waals surface area contributed by atoms with Gasteiger partial charge >= 0.3 is 0 Å². The number of thioether (sulfide) groups is 1. The average molecular weight is 305 g/mol. The van der Waals surface area contributed by atoms with Crippen molar-refractivity contribution in [3.8, 4) is 0 Å². The summed E-state index contributed by atoms with van der Waals surface area (Å²) in [5.74, 6) is 0.969. The van der Waals surface area contributed by atoms with Gasteiger partial charge in [-0.1, -0.05) is 20.8 Å². The smallest absolute Gasteiger partial charge is 0.233 e. The zero-order valence-electron chi connectivity index (χ0n) is 11.9. The molecule has 0 N–H and O–H groups in total. The van der Waals surface area contributed by atoms with Crippen LogP contribution in [0, 0.1) is 0 Å². The minimum absolute atomic E-state index is 0.0621. The summed E-state index contributed by atoms with van der Waals surface area (Å²) in [4.78, 5) is 14.3. The summed E-state index contributed by atoms with van der Waals surface area (Å²) >= 11 is 1.63. The number of rotatable bonds is 4. The lowest BCUT2D eigenvalue weighted by atomic mass is 10.2. The standard InChI is InChI=1S/C13H23NO3S2/c1-13(2,3)18-8-12(15)14(10-4-5-10)11-6-7-19(16,17)9-11/h10-11H,4-9H2,1-3H3. The highest BCUT2D eigenvalue weighted by Gasteiger charge is 2.42. The number of sulfone groups is 1. The van der Waals surface area contributed by atoms with E-state index in [1.807, 2.05) is 4.90 Å². The van der Waals surface area contributed by atoms with Gasteiger partial charge in [0.1, 0.15) is 0 Å². The second-order valence-electron chi connectivity index (χ2n) is 6.49. The SMILES string of the molecule is CC(C)(C)SCC(=O)N(C1CC1)C1CCS(=O)(=O)C1. The summed E-state index contributed by atoms with van der Waals surface area (Å²) in [7, 11) is -2.92. The summed E-state index contributed by atoms with van der Waals surface area (Å²) in [6.45, 7) is 6.27. The number of amides is 1. The molecule has 1 aliphatic heterocycles. The molecule has 19 heavy (non-hydrogen) atoms. The Morgan fingerprint density at radius 3 is 2.26 bits per heavy atom. The monoisotopic (exact) mass is 305 g/mol. The molecule has 2 aliphatic rings. The van der Waals surface area contributed by atoms with Crippen molar-refractivity contribution in [1.29, 1.82) is 0 Å². The van der Waals surface area contributed by atoms with Crippen LogP contribution >= 0.6 is 11.8 Å². The predicted molar refractivity (Wildman–Crippen MR) is 79.1 cm³/mol. The minimum atomic E-state index is -2.92. The van der Waals surface area contributed by atoms with E-state index >= 15 is 0 Å². The highest BCUT2D eigenvalue weighted by Crippen LogP contribution is 2.33. The lowest BCUT2D eigenvalue weighted by Gasteiger charge is -2.29. The van der Waals surface area contributed by atoms with Crippen molar-refractivity contribution in [3.05, 3.63) is 0 Å². The maximum atomic E-state index is 12.4. The van der Waals surface area contributed by atoms with Gasteiger partial charge in [0.2, 0.25) is 5.91 Å². The molecule has 0 aromatic heterocycles. The topological polar surface area (TPSA) is 54.5 Å². The zero-order valence-corrected chi connectivity index (χ0v) is 13.5. The first-order valence-corrected chi connectivity index (χ1v) is 9.64. The van der Waals surface area contributed by atoms with Crippen molar-refractivity contribution in [2.75, 3.05) is 17.3 Å². The van der Waals surface area contributed by atoms with Crippen molar-refractivity contribution >= 4 is 27.5 Å². The second-order valence-corrected chi connectivity index (χ2v) is 10.5. The van der Waals surface area contributed by atoms with Gasteiger partial charge in [-0.15, -0.1) is 11.8 Å². The highest BCUT2D eigenvalue weighted by molar-refractivity contribution is 8.01. The Labute approximate surface area is 120 Å². The van der Waals surface area contributed by atoms with Gasteiger partial charge in [-0.05, 0) is 19.3 Å². The fourth-order valence-corrected chi connectivity index (χ4v) is 4.82. The van der Waals surface area contributed by atoms with Crippen LogP contribution in [-0.4, -0.2) is 53.3 Å². The van der Waals surface area contributed by atoms with Gasteiger partial charge in [-0.25, -0.2) is 8.42 Å². The normalized spacial score (nSPS) is 26.4. The van der Waals surface area contributed by atoms with Crippen molar-refractivity contribution in [2.45, 2.75) is 56.9 Å². The molecule has 0 radical (unpaired) electrons. The molecule has 0 aromatic carbocycles. The Balaban J connectivity index is 1.99. The molecule has 1 atom stereocenters. The third-order valence-electron chi connectivity index (χ3n) is 3.46. The maximum absolute atomic E-state index is 12.4.